The highest BCUT2D eigenvalue weighted by Gasteiger charge is 2.40. The molecule has 4 rings (SSSR count). The first kappa shape index (κ1) is 15.2. The quantitative estimate of drug-likeness (QED) is 0.827. The van der Waals surface area contributed by atoms with Crippen molar-refractivity contribution in [2.24, 2.45) is 5.92 Å². The number of carboxylic acid groups (broad SMARTS) is 1. The van der Waals surface area contributed by atoms with E-state index in [9.17, 15) is 9.18 Å². The summed E-state index contributed by atoms with van der Waals surface area (Å²) in [6, 6.07) is 10.5. The highest BCUT2D eigenvalue weighted by Crippen LogP contribution is 2.53. The minimum absolute atomic E-state index is 0.151. The second-order valence-corrected chi connectivity index (χ2v) is 6.93. The predicted octanol–water partition coefficient (Wildman–Crippen LogP) is 4.88. The average Bonchev–Trinajstić information content (AvgIpc) is 3.04. The lowest BCUT2D eigenvalue weighted by Gasteiger charge is -2.38. The monoisotopic (exact) mass is 325 g/mol. The summed E-state index contributed by atoms with van der Waals surface area (Å²) in [5.74, 6) is -0.281. The Morgan fingerprint density at radius 3 is 2.75 bits per heavy atom. The molecule has 0 saturated heterocycles. The molecule has 0 aromatic heterocycles. The molecule has 0 bridgehead atoms. The van der Waals surface area contributed by atoms with Crippen LogP contribution in [0.3, 0.4) is 0 Å². The lowest BCUT2D eigenvalue weighted by Crippen LogP contribution is -2.29. The molecule has 2 aromatic rings. The van der Waals surface area contributed by atoms with Gasteiger partial charge in [0.15, 0.2) is 0 Å². The van der Waals surface area contributed by atoms with Gasteiger partial charge in [0.2, 0.25) is 0 Å². The lowest BCUT2D eigenvalue weighted by atomic mass is 9.76. The fourth-order valence-corrected chi connectivity index (χ4v) is 4.49. The molecule has 3 nitrogen and oxygen atoms in total. The fraction of sp³-hybridized carbons (Fsp3) is 0.350. The van der Waals surface area contributed by atoms with E-state index in [1.165, 1.54) is 6.07 Å². The van der Waals surface area contributed by atoms with Gasteiger partial charge < -0.3 is 10.4 Å². The number of carboxylic acids is 1. The number of carbonyl (C=O) groups is 1. The van der Waals surface area contributed by atoms with Crippen molar-refractivity contribution in [1.29, 1.82) is 0 Å². The van der Waals surface area contributed by atoms with Crippen LogP contribution in [0.5, 0.6) is 0 Å². The normalized spacial score (nSPS) is 24.8. The van der Waals surface area contributed by atoms with Crippen LogP contribution in [-0.4, -0.2) is 11.1 Å². The smallest absolute Gasteiger partial charge is 0.335 e. The lowest BCUT2D eigenvalue weighted by molar-refractivity contribution is 0.0696. The van der Waals surface area contributed by atoms with Gasteiger partial charge in [-0.05, 0) is 78.6 Å². The zero-order chi connectivity index (χ0) is 16.8. The van der Waals surface area contributed by atoms with Crippen LogP contribution in [0.1, 0.15) is 58.3 Å². The molecule has 2 aromatic carbocycles. The van der Waals surface area contributed by atoms with Crippen LogP contribution in [0, 0.1) is 18.7 Å². The van der Waals surface area contributed by atoms with Gasteiger partial charge in [-0.2, -0.15) is 0 Å². The molecule has 1 aliphatic carbocycles. The number of aryl methyl sites for hydroxylation is 1. The molecule has 1 heterocycles. The first-order chi connectivity index (χ1) is 11.5. The standard InChI is InChI=1S/C20H20FNO2/c1-11-9-12(20(23)24)5-7-14(11)19-16-4-2-3-15(16)17-10-13(21)6-8-18(17)22-19/h5-10,15-16,19,22H,2-4H2,1H3,(H,23,24)/t15-,16+,19+/m1/s1. The molecular formula is C20H20FNO2. The van der Waals surface area contributed by atoms with Crippen LogP contribution in [0.15, 0.2) is 36.4 Å². The summed E-state index contributed by atoms with van der Waals surface area (Å²) in [5, 5.41) is 12.8. The molecule has 2 aliphatic rings. The second-order valence-electron chi connectivity index (χ2n) is 6.93. The van der Waals surface area contributed by atoms with Crippen LogP contribution in [0.25, 0.3) is 0 Å². The number of hydrogen-bond donors (Lipinski definition) is 2. The Balaban J connectivity index is 1.77. The number of hydrogen-bond acceptors (Lipinski definition) is 2. The van der Waals surface area contributed by atoms with Gasteiger partial charge in [0.05, 0.1) is 11.6 Å². The largest absolute Gasteiger partial charge is 0.478 e. The first-order valence-electron chi connectivity index (χ1n) is 8.44. The third kappa shape index (κ3) is 2.37. The van der Waals surface area contributed by atoms with Crippen molar-refractivity contribution in [3.63, 3.8) is 0 Å². The van der Waals surface area contributed by atoms with Crippen molar-refractivity contribution in [3.8, 4) is 0 Å². The molecule has 4 heteroatoms. The summed E-state index contributed by atoms with van der Waals surface area (Å²) < 4.78 is 13.7. The van der Waals surface area contributed by atoms with Gasteiger partial charge >= 0.3 is 5.97 Å². The number of nitrogens with one attached hydrogen (secondary N) is 1. The van der Waals surface area contributed by atoms with Crippen molar-refractivity contribution in [2.45, 2.75) is 38.1 Å². The predicted molar refractivity (Wildman–Crippen MR) is 91.0 cm³/mol. The molecule has 2 N–H and O–H groups in total. The molecule has 0 unspecified atom stereocenters. The molecule has 0 spiro atoms. The van der Waals surface area contributed by atoms with Gasteiger partial charge in [0.1, 0.15) is 5.82 Å². The van der Waals surface area contributed by atoms with E-state index in [0.29, 0.717) is 17.4 Å². The molecule has 0 radical (unpaired) electrons. The van der Waals surface area contributed by atoms with E-state index in [1.807, 2.05) is 19.1 Å². The summed E-state index contributed by atoms with van der Waals surface area (Å²) in [6.07, 6.45) is 3.35. The number of benzene rings is 2. The number of anilines is 1. The van der Waals surface area contributed by atoms with Gasteiger partial charge in [-0.1, -0.05) is 12.5 Å². The van der Waals surface area contributed by atoms with Crippen LogP contribution < -0.4 is 5.32 Å². The maximum atomic E-state index is 13.7. The molecular weight excluding hydrogens is 305 g/mol. The zero-order valence-corrected chi connectivity index (χ0v) is 13.6. The molecule has 3 atom stereocenters. The van der Waals surface area contributed by atoms with Gasteiger partial charge in [0.25, 0.3) is 0 Å². The second kappa shape index (κ2) is 5.62. The maximum absolute atomic E-state index is 13.7. The van der Waals surface area contributed by atoms with Gasteiger partial charge in [0, 0.05) is 5.69 Å². The number of aromatic carboxylic acids is 1. The summed E-state index contributed by atoms with van der Waals surface area (Å²) in [6.45, 7) is 1.97. The van der Waals surface area contributed by atoms with Crippen LogP contribution in [-0.2, 0) is 0 Å². The Hall–Kier alpha value is -2.36. The molecule has 124 valence electrons. The number of rotatable bonds is 2. The van der Waals surface area contributed by atoms with Crippen LogP contribution >= 0.6 is 0 Å². The van der Waals surface area contributed by atoms with Gasteiger partial charge in [-0.3, -0.25) is 0 Å². The van der Waals surface area contributed by atoms with Gasteiger partial charge in [-0.15, -0.1) is 0 Å². The Kier molecular flexibility index (Phi) is 3.56. The molecule has 0 amide bonds. The zero-order valence-electron chi connectivity index (χ0n) is 13.6. The summed E-state index contributed by atoms with van der Waals surface area (Å²) in [7, 11) is 0. The first-order valence-corrected chi connectivity index (χ1v) is 8.44. The highest BCUT2D eigenvalue weighted by atomic mass is 19.1. The Labute approximate surface area is 140 Å². The fourth-order valence-electron chi connectivity index (χ4n) is 4.49. The van der Waals surface area contributed by atoms with Crippen LogP contribution in [0.2, 0.25) is 0 Å². The Morgan fingerprint density at radius 2 is 2.00 bits per heavy atom. The Morgan fingerprint density at radius 1 is 1.17 bits per heavy atom. The van der Waals surface area contributed by atoms with E-state index in [2.05, 4.69) is 5.32 Å². The Bertz CT molecular complexity index is 817. The number of halogens is 1. The maximum Gasteiger partial charge on any atom is 0.335 e. The van der Waals surface area contributed by atoms with E-state index in [0.717, 1.165) is 41.6 Å². The van der Waals surface area contributed by atoms with E-state index < -0.39 is 5.97 Å². The minimum Gasteiger partial charge on any atom is -0.478 e. The van der Waals surface area contributed by atoms with Crippen molar-refractivity contribution < 1.29 is 14.3 Å². The van der Waals surface area contributed by atoms with E-state index in [-0.39, 0.29) is 11.9 Å². The number of fused-ring (bicyclic) bond motifs is 3. The average molecular weight is 325 g/mol. The summed E-state index contributed by atoms with van der Waals surface area (Å²) in [4.78, 5) is 11.2. The molecule has 1 saturated carbocycles. The summed E-state index contributed by atoms with van der Waals surface area (Å²) >= 11 is 0. The molecule has 1 fully saturated rings. The van der Waals surface area contributed by atoms with Crippen molar-refractivity contribution in [2.75, 3.05) is 5.32 Å². The minimum atomic E-state index is -0.902. The van der Waals surface area contributed by atoms with Gasteiger partial charge in [-0.25, -0.2) is 9.18 Å². The van der Waals surface area contributed by atoms with Crippen molar-refractivity contribution in [3.05, 3.63) is 64.5 Å². The van der Waals surface area contributed by atoms with E-state index >= 15 is 0 Å². The topological polar surface area (TPSA) is 49.3 Å². The van der Waals surface area contributed by atoms with E-state index in [1.54, 1.807) is 18.2 Å². The SMILES string of the molecule is Cc1cc(C(=O)O)ccc1[C@@H]1Nc2ccc(F)cc2[C@@H]2CCC[C@@H]21. The third-order valence-corrected chi connectivity index (χ3v) is 5.57. The van der Waals surface area contributed by atoms with Crippen LogP contribution in [0.4, 0.5) is 10.1 Å². The summed E-state index contributed by atoms with van der Waals surface area (Å²) in [5.41, 5.74) is 4.55. The van der Waals surface area contributed by atoms with Crippen molar-refractivity contribution in [1.82, 2.24) is 0 Å². The van der Waals surface area contributed by atoms with Crippen molar-refractivity contribution >= 4 is 11.7 Å². The molecule has 24 heavy (non-hydrogen) atoms. The highest BCUT2D eigenvalue weighted by molar-refractivity contribution is 5.88. The third-order valence-electron chi connectivity index (χ3n) is 5.57. The van der Waals surface area contributed by atoms with E-state index in [4.69, 9.17) is 5.11 Å². The molecule has 1 aliphatic heterocycles.